The summed E-state index contributed by atoms with van der Waals surface area (Å²) in [6.07, 6.45) is 6.82. The third-order valence-corrected chi connectivity index (χ3v) is 5.97. The molecule has 1 aromatic heterocycles. The number of thioether (sulfide) groups is 1. The molecule has 1 aromatic carbocycles. The molecular formula is C16H24BrN3O3S2. The summed E-state index contributed by atoms with van der Waals surface area (Å²) in [7, 11) is -2.19. The predicted molar refractivity (Wildman–Crippen MR) is 91.6 cm³/mol. The highest BCUT2D eigenvalue weighted by Gasteiger charge is 2.20. The maximum absolute atomic E-state index is 10.4. The standard InChI is InChI=1S/C9H15N3S.C7H8O3S.BrH/c1-12-6-5-11-9(12)13-7-8-3-2-4-10-8;1-6-2-4-7(5-3-6)11(8,9)10;/h5-6,8,10H,2-4,7H2,1H3;2-5H,1H3,(H,8,9,10);1H/t8-;;/m0../s1. The van der Waals surface area contributed by atoms with Gasteiger partial charge in [-0.3, -0.25) is 0 Å². The Morgan fingerprint density at radius 1 is 1.36 bits per heavy atom. The highest BCUT2D eigenvalue weighted by Crippen LogP contribution is 2.13. The largest absolute Gasteiger partial charge is 1.00 e. The number of hydrogen-bond acceptors (Lipinski definition) is 4. The van der Waals surface area contributed by atoms with Crippen LogP contribution in [-0.4, -0.2) is 36.3 Å². The van der Waals surface area contributed by atoms with E-state index in [2.05, 4.69) is 28.1 Å². The number of nitrogens with one attached hydrogen (secondary N) is 1. The Labute approximate surface area is 163 Å². The van der Waals surface area contributed by atoms with Crippen LogP contribution >= 0.6 is 11.8 Å². The number of quaternary nitrogens is 1. The Kier molecular flexibility index (Phi) is 9.15. The number of rotatable bonds is 4. The van der Waals surface area contributed by atoms with E-state index >= 15 is 0 Å². The number of nitrogens with zero attached hydrogens (tertiary/aromatic N) is 1. The van der Waals surface area contributed by atoms with Gasteiger partial charge in [-0.15, -0.1) is 0 Å². The second-order valence-corrected chi connectivity index (χ2v) is 8.27. The number of H-pyrrole nitrogens is 1. The number of halogens is 1. The third-order valence-electron chi connectivity index (χ3n) is 3.85. The van der Waals surface area contributed by atoms with E-state index < -0.39 is 10.1 Å². The average molecular weight is 450 g/mol. The van der Waals surface area contributed by atoms with Gasteiger partial charge in [-0.2, -0.15) is 0 Å². The van der Waals surface area contributed by atoms with Gasteiger partial charge in [0.05, 0.1) is 30.3 Å². The van der Waals surface area contributed by atoms with Crippen molar-refractivity contribution >= 4 is 21.9 Å². The molecule has 0 amide bonds. The first kappa shape index (κ1) is 22.2. The van der Waals surface area contributed by atoms with Crippen LogP contribution in [0.25, 0.3) is 0 Å². The lowest BCUT2D eigenvalue weighted by Crippen LogP contribution is -3.00. The van der Waals surface area contributed by atoms with Crippen molar-refractivity contribution in [3.05, 3.63) is 42.2 Å². The molecule has 0 unspecified atom stereocenters. The number of imidazole rings is 1. The molecule has 1 atom stereocenters. The summed E-state index contributed by atoms with van der Waals surface area (Å²) in [6, 6.07) is 6.62. The fraction of sp³-hybridized carbons (Fsp3) is 0.438. The quantitative estimate of drug-likeness (QED) is 0.308. The van der Waals surface area contributed by atoms with Crippen molar-refractivity contribution in [2.24, 2.45) is 7.05 Å². The summed E-state index contributed by atoms with van der Waals surface area (Å²) in [6.45, 7) is 3.14. The normalized spacial score (nSPS) is 16.7. The molecule has 9 heteroatoms. The predicted octanol–water partition coefficient (Wildman–Crippen LogP) is -2.44. The van der Waals surface area contributed by atoms with Crippen molar-refractivity contribution in [3.8, 4) is 0 Å². The molecule has 2 aromatic rings. The first-order valence-corrected chi connectivity index (χ1v) is 10.3. The van der Waals surface area contributed by atoms with Gasteiger partial charge in [0.1, 0.15) is 22.5 Å². The maximum Gasteiger partial charge on any atom is 0.315 e. The number of benzene rings is 1. The molecule has 25 heavy (non-hydrogen) atoms. The molecule has 3 N–H and O–H groups in total. The molecule has 140 valence electrons. The minimum absolute atomic E-state index is 0. The summed E-state index contributed by atoms with van der Waals surface area (Å²) in [5.74, 6) is 1.23. The molecule has 0 bridgehead atoms. The number of aromatic nitrogens is 2. The van der Waals surface area contributed by atoms with Crippen LogP contribution in [0.5, 0.6) is 0 Å². The highest BCUT2D eigenvalue weighted by molar-refractivity contribution is 7.99. The Morgan fingerprint density at radius 2 is 2.04 bits per heavy atom. The molecule has 2 heterocycles. The molecule has 1 fully saturated rings. The Morgan fingerprint density at radius 3 is 2.52 bits per heavy atom. The second kappa shape index (κ2) is 10.3. The van der Waals surface area contributed by atoms with E-state index in [4.69, 9.17) is 0 Å². The molecule has 0 saturated carbocycles. The van der Waals surface area contributed by atoms with Crippen molar-refractivity contribution < 1.29 is 39.8 Å². The lowest BCUT2D eigenvalue weighted by Gasteiger charge is -2.05. The van der Waals surface area contributed by atoms with Gasteiger partial charge in [-0.25, -0.2) is 18.0 Å². The number of aryl methyl sites for hydroxylation is 2. The first-order valence-electron chi connectivity index (χ1n) is 7.88. The Balaban J connectivity index is 0.000000244. The molecule has 0 radical (unpaired) electrons. The van der Waals surface area contributed by atoms with E-state index in [1.165, 1.54) is 42.4 Å². The molecule has 0 aliphatic carbocycles. The Hall–Kier alpha value is -0.870. The molecule has 1 aliphatic heterocycles. The van der Waals surface area contributed by atoms with E-state index in [-0.39, 0.29) is 21.9 Å². The van der Waals surface area contributed by atoms with Crippen molar-refractivity contribution in [2.45, 2.75) is 35.9 Å². The fourth-order valence-electron chi connectivity index (χ4n) is 2.43. The highest BCUT2D eigenvalue weighted by atomic mass is 79.9. The van der Waals surface area contributed by atoms with E-state index in [1.54, 1.807) is 12.1 Å². The molecule has 1 saturated heterocycles. The van der Waals surface area contributed by atoms with Crippen LogP contribution in [0.15, 0.2) is 46.7 Å². The van der Waals surface area contributed by atoms with Crippen LogP contribution in [0.3, 0.4) is 0 Å². The van der Waals surface area contributed by atoms with Crippen LogP contribution in [0.1, 0.15) is 18.4 Å². The lowest BCUT2D eigenvalue weighted by atomic mass is 10.2. The van der Waals surface area contributed by atoms with Gasteiger partial charge in [-0.05, 0) is 30.8 Å². The minimum atomic E-state index is -4.27. The van der Waals surface area contributed by atoms with E-state index in [1.807, 2.05) is 24.9 Å². The van der Waals surface area contributed by atoms with Gasteiger partial charge in [-0.1, -0.05) is 17.7 Å². The minimum Gasteiger partial charge on any atom is -1.00 e. The van der Waals surface area contributed by atoms with Gasteiger partial charge in [0.15, 0.2) is 0 Å². The van der Waals surface area contributed by atoms with Gasteiger partial charge in [0.25, 0.3) is 0 Å². The topological polar surface area (TPSA) is 93.5 Å². The van der Waals surface area contributed by atoms with Crippen molar-refractivity contribution in [2.75, 3.05) is 12.3 Å². The summed E-state index contributed by atoms with van der Waals surface area (Å²) >= 11 is 1.93. The summed E-state index contributed by atoms with van der Waals surface area (Å²) in [5.41, 5.74) is 0.928. The monoisotopic (exact) mass is 449 g/mol. The average Bonchev–Trinajstić information content (AvgIpc) is 3.17. The smallest absolute Gasteiger partial charge is 0.315 e. The summed E-state index contributed by atoms with van der Waals surface area (Å²) in [5, 5.41) is 3.73. The van der Waals surface area contributed by atoms with E-state index in [0.29, 0.717) is 0 Å². The van der Waals surface area contributed by atoms with Crippen LogP contribution in [0.4, 0.5) is 0 Å². The Bertz CT molecular complexity index is 742. The van der Waals surface area contributed by atoms with Crippen LogP contribution in [0, 0.1) is 6.92 Å². The van der Waals surface area contributed by atoms with E-state index in [0.717, 1.165) is 11.6 Å². The van der Waals surface area contributed by atoms with Gasteiger partial charge < -0.3 is 26.9 Å². The van der Waals surface area contributed by atoms with E-state index in [9.17, 15) is 13.0 Å². The summed E-state index contributed by atoms with van der Waals surface area (Å²) < 4.78 is 33.3. The van der Waals surface area contributed by atoms with Crippen molar-refractivity contribution in [1.29, 1.82) is 0 Å². The van der Waals surface area contributed by atoms with Gasteiger partial charge in [0, 0.05) is 12.8 Å². The van der Waals surface area contributed by atoms with Crippen LogP contribution < -0.4 is 26.9 Å². The summed E-state index contributed by atoms with van der Waals surface area (Å²) in [4.78, 5) is 3.06. The number of hydrogen-bond donors (Lipinski definition) is 2. The molecular weight excluding hydrogens is 426 g/mol. The fourth-order valence-corrected chi connectivity index (χ4v) is 3.99. The molecule has 0 spiro atoms. The number of nitrogens with two attached hydrogens (primary N) is 1. The maximum atomic E-state index is 10.4. The second-order valence-electron chi connectivity index (χ2n) is 5.88. The lowest BCUT2D eigenvalue weighted by molar-refractivity contribution is -0.708. The van der Waals surface area contributed by atoms with Gasteiger partial charge >= 0.3 is 5.16 Å². The van der Waals surface area contributed by atoms with Crippen molar-refractivity contribution in [1.82, 2.24) is 4.98 Å². The molecule has 3 rings (SSSR count). The zero-order valence-electron chi connectivity index (χ0n) is 14.3. The zero-order chi connectivity index (χ0) is 17.6. The molecule has 1 aliphatic rings. The van der Waals surface area contributed by atoms with Gasteiger partial charge in [0.2, 0.25) is 0 Å². The zero-order valence-corrected chi connectivity index (χ0v) is 17.5. The SMILES string of the molecule is C[n+]1cc[nH]c1SC[C@@H]1CCC[NH2+]1.Cc1ccc(S(=O)(=O)[O-])cc1.[Br-]. The van der Waals surface area contributed by atoms with Crippen molar-refractivity contribution in [3.63, 3.8) is 0 Å². The van der Waals surface area contributed by atoms with Crippen LogP contribution in [0.2, 0.25) is 0 Å². The third kappa shape index (κ3) is 7.49. The number of aromatic amines is 1. The first-order chi connectivity index (χ1) is 11.4. The van der Waals surface area contributed by atoms with Crippen LogP contribution in [-0.2, 0) is 17.2 Å². The molecule has 6 nitrogen and oxygen atoms in total.